The molecule has 0 aromatic carbocycles. The molecular weight excluding hydrogens is 779 g/mol. The van der Waals surface area contributed by atoms with Crippen LogP contribution < -0.4 is 5.32 Å². The number of nitrogens with one attached hydrogen (secondary N) is 1. The second-order valence-corrected chi connectivity index (χ2v) is 17.2. The minimum atomic E-state index is -0.811. The highest BCUT2D eigenvalue weighted by molar-refractivity contribution is 5.77. The van der Waals surface area contributed by atoms with E-state index < -0.39 is 18.2 Å². The monoisotopic (exact) mass is 876 g/mol. The maximum absolute atomic E-state index is 13.2. The van der Waals surface area contributed by atoms with Crippen LogP contribution >= 0.6 is 0 Å². The van der Waals surface area contributed by atoms with Gasteiger partial charge in [-0.25, -0.2) is 0 Å². The summed E-state index contributed by atoms with van der Waals surface area (Å²) in [7, 11) is 0. The molecule has 0 radical (unpaired) electrons. The van der Waals surface area contributed by atoms with Crippen LogP contribution in [0.3, 0.4) is 0 Å². The van der Waals surface area contributed by atoms with Gasteiger partial charge < -0.3 is 20.3 Å². The Kier molecular flexibility index (Phi) is 47.2. The maximum atomic E-state index is 13.2. The Hall–Kier alpha value is -3.22. The topological polar surface area (TPSA) is 95.9 Å². The van der Waals surface area contributed by atoms with Crippen LogP contribution in [0.25, 0.3) is 0 Å². The van der Waals surface area contributed by atoms with E-state index in [1.54, 1.807) is 0 Å². The largest absolute Gasteiger partial charge is 0.462 e. The number of allylic oxidation sites excluding steroid dienone is 16. The van der Waals surface area contributed by atoms with Crippen molar-refractivity contribution in [3.63, 3.8) is 0 Å². The molecule has 0 saturated heterocycles. The lowest BCUT2D eigenvalue weighted by molar-refractivity contribution is -0.151. The molecule has 63 heavy (non-hydrogen) atoms. The van der Waals surface area contributed by atoms with Gasteiger partial charge >= 0.3 is 5.97 Å². The molecular formula is C57H97NO5. The lowest BCUT2D eigenvalue weighted by Gasteiger charge is -2.24. The van der Waals surface area contributed by atoms with E-state index in [2.05, 4.69) is 123 Å². The van der Waals surface area contributed by atoms with Gasteiger partial charge in [0.05, 0.1) is 25.2 Å². The first-order chi connectivity index (χ1) is 31.0. The van der Waals surface area contributed by atoms with Gasteiger partial charge in [0, 0.05) is 6.42 Å². The van der Waals surface area contributed by atoms with Crippen LogP contribution in [-0.4, -0.2) is 46.9 Å². The Balaban J connectivity index is 4.76. The molecule has 0 rings (SSSR count). The number of rotatable bonds is 45. The third kappa shape index (κ3) is 45.2. The van der Waals surface area contributed by atoms with Gasteiger partial charge in [-0.1, -0.05) is 208 Å². The van der Waals surface area contributed by atoms with Crippen LogP contribution in [0.5, 0.6) is 0 Å². The van der Waals surface area contributed by atoms with Gasteiger partial charge in [-0.2, -0.15) is 0 Å². The van der Waals surface area contributed by atoms with Crippen LogP contribution in [0.2, 0.25) is 0 Å². The molecule has 6 nitrogen and oxygen atoms in total. The molecule has 1 amide bonds. The van der Waals surface area contributed by atoms with Gasteiger partial charge in [0.1, 0.15) is 6.10 Å². The highest BCUT2D eigenvalue weighted by Gasteiger charge is 2.24. The predicted octanol–water partition coefficient (Wildman–Crippen LogP) is 15.7. The number of hydrogen-bond donors (Lipinski definition) is 3. The van der Waals surface area contributed by atoms with Crippen LogP contribution in [0.4, 0.5) is 0 Å². The summed E-state index contributed by atoms with van der Waals surface area (Å²) < 4.78 is 5.90. The van der Waals surface area contributed by atoms with Crippen molar-refractivity contribution < 1.29 is 24.5 Å². The van der Waals surface area contributed by atoms with Crippen LogP contribution in [-0.2, 0) is 14.3 Å². The summed E-state index contributed by atoms with van der Waals surface area (Å²) in [6.07, 6.45) is 66.1. The maximum Gasteiger partial charge on any atom is 0.306 e. The van der Waals surface area contributed by atoms with Crippen molar-refractivity contribution in [3.8, 4) is 0 Å². The second kappa shape index (κ2) is 49.8. The molecule has 360 valence electrons. The molecule has 0 spiro atoms. The van der Waals surface area contributed by atoms with Crippen LogP contribution in [0.1, 0.15) is 226 Å². The number of carbonyl (C=O) groups is 2. The van der Waals surface area contributed by atoms with Gasteiger partial charge in [-0.05, 0) is 103 Å². The first-order valence-electron chi connectivity index (χ1n) is 26.0. The molecule has 3 N–H and O–H groups in total. The average molecular weight is 876 g/mol. The SMILES string of the molecule is CC/C=C\C/C=C\C/C=C\C/C=C\C/C=C\CCCC(CC(=O)NC(CO)C(O)CCCCCCCCCCCC)OC(=O)CCCCCC/C=C\C/C=C\C/C=C\CCCCC. The zero-order chi connectivity index (χ0) is 45.9. The quantitative estimate of drug-likeness (QED) is 0.0322. The second-order valence-electron chi connectivity index (χ2n) is 17.2. The summed E-state index contributed by atoms with van der Waals surface area (Å²) in [5, 5.41) is 23.7. The van der Waals surface area contributed by atoms with Gasteiger partial charge in [0.25, 0.3) is 0 Å². The first-order valence-corrected chi connectivity index (χ1v) is 26.0. The number of aliphatic hydroxyl groups excluding tert-OH is 2. The summed E-state index contributed by atoms with van der Waals surface area (Å²) in [4.78, 5) is 26.1. The lowest BCUT2D eigenvalue weighted by atomic mass is 10.0. The third-order valence-electron chi connectivity index (χ3n) is 11.1. The molecule has 0 aliphatic heterocycles. The molecule has 0 aliphatic rings. The first kappa shape index (κ1) is 59.8. The number of hydrogen-bond acceptors (Lipinski definition) is 5. The van der Waals surface area contributed by atoms with Crippen molar-refractivity contribution in [2.45, 2.75) is 244 Å². The Morgan fingerprint density at radius 1 is 0.476 bits per heavy atom. The van der Waals surface area contributed by atoms with Crippen molar-refractivity contribution in [2.24, 2.45) is 0 Å². The van der Waals surface area contributed by atoms with E-state index in [1.807, 2.05) is 0 Å². The minimum absolute atomic E-state index is 0.0240. The molecule has 0 aliphatic carbocycles. The average Bonchev–Trinajstić information content (AvgIpc) is 3.28. The molecule has 0 saturated carbocycles. The molecule has 0 fully saturated rings. The fraction of sp³-hybridized carbons (Fsp3) is 0.684. The van der Waals surface area contributed by atoms with E-state index in [0.717, 1.165) is 109 Å². The highest BCUT2D eigenvalue weighted by atomic mass is 16.5. The van der Waals surface area contributed by atoms with E-state index in [4.69, 9.17) is 4.74 Å². The predicted molar refractivity (Wildman–Crippen MR) is 273 cm³/mol. The number of carbonyl (C=O) groups excluding carboxylic acids is 2. The number of esters is 1. The van der Waals surface area contributed by atoms with Crippen LogP contribution in [0, 0.1) is 0 Å². The Morgan fingerprint density at radius 2 is 0.873 bits per heavy atom. The normalized spacial score (nSPS) is 14.0. The number of amides is 1. The zero-order valence-corrected chi connectivity index (χ0v) is 40.9. The van der Waals surface area contributed by atoms with Crippen molar-refractivity contribution in [2.75, 3.05) is 6.61 Å². The van der Waals surface area contributed by atoms with E-state index in [-0.39, 0.29) is 24.9 Å². The summed E-state index contributed by atoms with van der Waals surface area (Å²) in [5.41, 5.74) is 0. The van der Waals surface area contributed by atoms with Crippen LogP contribution in [0.15, 0.2) is 97.2 Å². The summed E-state index contributed by atoms with van der Waals surface area (Å²) in [5.74, 6) is -0.563. The van der Waals surface area contributed by atoms with Crippen molar-refractivity contribution >= 4 is 11.9 Å². The van der Waals surface area contributed by atoms with Crippen molar-refractivity contribution in [1.29, 1.82) is 0 Å². The molecule has 0 aromatic heterocycles. The zero-order valence-electron chi connectivity index (χ0n) is 40.9. The standard InChI is InChI=1S/C57H97NO5/c1-4-7-10-13-16-19-22-24-26-28-30-32-34-36-39-42-45-48-53(51-56(61)58-54(52-59)55(60)49-46-43-40-37-21-18-15-12-9-6-3)63-57(62)50-47-44-41-38-35-33-31-29-27-25-23-20-17-14-11-8-5-2/h7,10,16-17,19-20,24-27,30-33,36,39,53-55,59-60H,4-6,8-9,11-15,18,21-23,28-29,34-35,37-38,40-52H2,1-3H3,(H,58,61)/b10-7-,19-16-,20-17-,26-24-,27-25-,32-30-,33-31-,39-36-. The Labute approximate surface area is 388 Å². The highest BCUT2D eigenvalue weighted by Crippen LogP contribution is 2.16. The van der Waals surface area contributed by atoms with E-state index >= 15 is 0 Å². The van der Waals surface area contributed by atoms with Gasteiger partial charge in [-0.3, -0.25) is 9.59 Å². The Bertz CT molecular complexity index is 1260. The molecule has 0 aromatic rings. The van der Waals surface area contributed by atoms with E-state index in [9.17, 15) is 19.8 Å². The van der Waals surface area contributed by atoms with E-state index in [0.29, 0.717) is 19.3 Å². The molecule has 0 heterocycles. The number of aliphatic hydroxyl groups is 2. The Morgan fingerprint density at radius 3 is 1.37 bits per heavy atom. The molecule has 6 heteroatoms. The molecule has 3 unspecified atom stereocenters. The van der Waals surface area contributed by atoms with Gasteiger partial charge in [0.2, 0.25) is 5.91 Å². The molecule has 3 atom stereocenters. The van der Waals surface area contributed by atoms with Gasteiger partial charge in [0.15, 0.2) is 0 Å². The van der Waals surface area contributed by atoms with Crippen molar-refractivity contribution in [3.05, 3.63) is 97.2 Å². The summed E-state index contributed by atoms with van der Waals surface area (Å²) >= 11 is 0. The van der Waals surface area contributed by atoms with E-state index in [1.165, 1.54) is 70.6 Å². The van der Waals surface area contributed by atoms with Gasteiger partial charge in [-0.15, -0.1) is 0 Å². The number of ether oxygens (including phenoxy) is 1. The van der Waals surface area contributed by atoms with Crippen molar-refractivity contribution in [1.82, 2.24) is 5.32 Å². The summed E-state index contributed by atoms with van der Waals surface area (Å²) in [6.45, 7) is 6.30. The third-order valence-corrected chi connectivity index (χ3v) is 11.1. The molecule has 0 bridgehead atoms. The summed E-state index contributed by atoms with van der Waals surface area (Å²) in [6, 6.07) is -0.729. The fourth-order valence-corrected chi connectivity index (χ4v) is 7.23. The number of unbranched alkanes of at least 4 members (excludes halogenated alkanes) is 17. The smallest absolute Gasteiger partial charge is 0.306 e. The lowest BCUT2D eigenvalue weighted by Crippen LogP contribution is -2.46. The minimum Gasteiger partial charge on any atom is -0.462 e. The fourth-order valence-electron chi connectivity index (χ4n) is 7.23.